The van der Waals surface area contributed by atoms with Crippen LogP contribution in [0.3, 0.4) is 0 Å². The summed E-state index contributed by atoms with van der Waals surface area (Å²) in [7, 11) is 0. The molecule has 0 radical (unpaired) electrons. The van der Waals surface area contributed by atoms with Crippen LogP contribution in [0.1, 0.15) is 24.4 Å². The van der Waals surface area contributed by atoms with Gasteiger partial charge < -0.3 is 20.2 Å². The molecule has 1 aliphatic heterocycles. The lowest BCUT2D eigenvalue weighted by molar-refractivity contribution is -0.165. The lowest BCUT2D eigenvalue weighted by atomic mass is 10.1. The van der Waals surface area contributed by atoms with E-state index in [1.807, 2.05) is 0 Å². The maximum absolute atomic E-state index is 13.4. The number of hydrogen-bond acceptors (Lipinski definition) is 6. The lowest BCUT2D eigenvalue weighted by Gasteiger charge is -2.22. The summed E-state index contributed by atoms with van der Waals surface area (Å²) < 4.78 is 24.8. The van der Waals surface area contributed by atoms with Crippen molar-refractivity contribution in [3.8, 4) is 22.6 Å². The molecule has 4 rings (SSSR count). The van der Waals surface area contributed by atoms with Gasteiger partial charge in [0.25, 0.3) is 0 Å². The van der Waals surface area contributed by atoms with Crippen LogP contribution in [-0.4, -0.2) is 39.7 Å². The molecule has 1 aromatic carbocycles. The molecule has 3 N–H and O–H groups in total. The number of H-pyrrole nitrogens is 1. The smallest absolute Gasteiger partial charge is 0.217 e. The molecule has 3 heterocycles. The number of nitrogens with zero attached hydrogens (tertiary/aromatic N) is 3. The molecule has 1 fully saturated rings. The SMILES string of the molecule is C=C1COC(c2nc(-c3ccc(F)cc3)c(-c3ccnc(CCCN)n3)[nH]2)OC1. The average molecular weight is 395 g/mol. The zero-order valence-electron chi connectivity index (χ0n) is 15.9. The van der Waals surface area contributed by atoms with E-state index in [2.05, 4.69) is 26.5 Å². The first-order valence-electron chi connectivity index (χ1n) is 9.42. The van der Waals surface area contributed by atoms with Gasteiger partial charge in [-0.3, -0.25) is 0 Å². The molecule has 150 valence electrons. The summed E-state index contributed by atoms with van der Waals surface area (Å²) in [5, 5.41) is 0. The van der Waals surface area contributed by atoms with Crippen molar-refractivity contribution >= 4 is 0 Å². The maximum atomic E-state index is 13.4. The number of aromatic nitrogens is 4. The number of nitrogens with two attached hydrogens (primary N) is 1. The van der Waals surface area contributed by atoms with Gasteiger partial charge in [0.1, 0.15) is 11.6 Å². The predicted octanol–water partition coefficient (Wildman–Crippen LogP) is 3.17. The minimum Gasteiger partial charge on any atom is -0.341 e. The average Bonchev–Trinajstić information content (AvgIpc) is 3.19. The van der Waals surface area contributed by atoms with Crippen LogP contribution in [0.2, 0.25) is 0 Å². The second-order valence-corrected chi connectivity index (χ2v) is 6.81. The van der Waals surface area contributed by atoms with E-state index in [0.717, 1.165) is 17.6 Å². The molecule has 0 unspecified atom stereocenters. The van der Waals surface area contributed by atoms with Crippen LogP contribution in [0, 0.1) is 5.82 Å². The molecule has 0 bridgehead atoms. The van der Waals surface area contributed by atoms with Gasteiger partial charge in [0.05, 0.1) is 30.3 Å². The second-order valence-electron chi connectivity index (χ2n) is 6.81. The molecule has 0 amide bonds. The van der Waals surface area contributed by atoms with Crippen molar-refractivity contribution in [1.82, 2.24) is 19.9 Å². The van der Waals surface area contributed by atoms with E-state index in [1.165, 1.54) is 12.1 Å². The standard InChI is InChI=1S/C21H22FN5O2/c1-13-11-28-21(29-12-13)20-26-18(14-4-6-15(22)7-5-14)19(27-20)16-8-10-24-17(25-16)3-2-9-23/h4-8,10,21H,1-3,9,11-12,23H2,(H,26,27). The van der Waals surface area contributed by atoms with Crippen molar-refractivity contribution in [3.63, 3.8) is 0 Å². The molecule has 0 atom stereocenters. The van der Waals surface area contributed by atoms with E-state index >= 15 is 0 Å². The van der Waals surface area contributed by atoms with E-state index < -0.39 is 6.29 Å². The summed E-state index contributed by atoms with van der Waals surface area (Å²) >= 11 is 0. The van der Waals surface area contributed by atoms with Crippen LogP contribution in [0.15, 0.2) is 48.7 Å². The van der Waals surface area contributed by atoms with Gasteiger partial charge in [-0.2, -0.15) is 0 Å². The zero-order valence-corrected chi connectivity index (χ0v) is 15.9. The first-order chi connectivity index (χ1) is 14.1. The molecule has 1 aliphatic rings. The summed E-state index contributed by atoms with van der Waals surface area (Å²) in [6.45, 7) is 5.25. The van der Waals surface area contributed by atoms with Crippen molar-refractivity contribution in [2.45, 2.75) is 19.1 Å². The van der Waals surface area contributed by atoms with E-state index in [0.29, 0.717) is 54.9 Å². The fourth-order valence-electron chi connectivity index (χ4n) is 3.06. The quantitative estimate of drug-likeness (QED) is 0.622. The van der Waals surface area contributed by atoms with Crippen LogP contribution in [0.5, 0.6) is 0 Å². The molecular formula is C21H22FN5O2. The Kier molecular flexibility index (Phi) is 5.75. The summed E-state index contributed by atoms with van der Waals surface area (Å²) in [5.41, 5.74) is 9.24. The highest BCUT2D eigenvalue weighted by Gasteiger charge is 2.25. The van der Waals surface area contributed by atoms with Gasteiger partial charge in [-0.15, -0.1) is 0 Å². The highest BCUT2D eigenvalue weighted by Crippen LogP contribution is 2.32. The third kappa shape index (κ3) is 4.40. The number of nitrogens with one attached hydrogen (secondary N) is 1. The number of halogens is 1. The molecule has 0 saturated carbocycles. The van der Waals surface area contributed by atoms with Gasteiger partial charge in [-0.05, 0) is 48.9 Å². The number of hydrogen-bond donors (Lipinski definition) is 2. The molecule has 2 aromatic heterocycles. The third-order valence-electron chi connectivity index (χ3n) is 4.51. The van der Waals surface area contributed by atoms with Crippen molar-refractivity contribution in [1.29, 1.82) is 0 Å². The predicted molar refractivity (Wildman–Crippen MR) is 106 cm³/mol. The summed E-state index contributed by atoms with van der Waals surface area (Å²) in [6.07, 6.45) is 2.57. The van der Waals surface area contributed by atoms with Crippen LogP contribution in [-0.2, 0) is 15.9 Å². The Bertz CT molecular complexity index is 993. The van der Waals surface area contributed by atoms with Gasteiger partial charge in [0.15, 0.2) is 5.82 Å². The first-order valence-corrected chi connectivity index (χ1v) is 9.42. The Labute approximate surface area is 167 Å². The van der Waals surface area contributed by atoms with Gasteiger partial charge in [-0.25, -0.2) is 19.3 Å². The normalized spacial score (nSPS) is 15.0. The van der Waals surface area contributed by atoms with E-state index in [-0.39, 0.29) is 5.82 Å². The molecule has 8 heteroatoms. The number of rotatable bonds is 6. The van der Waals surface area contributed by atoms with Crippen LogP contribution in [0.25, 0.3) is 22.6 Å². The van der Waals surface area contributed by atoms with Gasteiger partial charge in [-0.1, -0.05) is 6.58 Å². The fourth-order valence-corrected chi connectivity index (χ4v) is 3.06. The minimum absolute atomic E-state index is 0.311. The molecule has 7 nitrogen and oxygen atoms in total. The van der Waals surface area contributed by atoms with Gasteiger partial charge in [0.2, 0.25) is 6.29 Å². The highest BCUT2D eigenvalue weighted by molar-refractivity contribution is 5.76. The Morgan fingerprint density at radius 1 is 1.14 bits per heavy atom. The van der Waals surface area contributed by atoms with Gasteiger partial charge >= 0.3 is 0 Å². The van der Waals surface area contributed by atoms with Crippen molar-refractivity contribution in [3.05, 3.63) is 66.1 Å². The Morgan fingerprint density at radius 3 is 2.62 bits per heavy atom. The van der Waals surface area contributed by atoms with E-state index in [9.17, 15) is 4.39 Å². The highest BCUT2D eigenvalue weighted by atomic mass is 19.1. The third-order valence-corrected chi connectivity index (χ3v) is 4.51. The Balaban J connectivity index is 1.74. The topological polar surface area (TPSA) is 98.9 Å². The second kappa shape index (κ2) is 8.60. The molecule has 0 aliphatic carbocycles. The van der Waals surface area contributed by atoms with Crippen LogP contribution < -0.4 is 5.73 Å². The minimum atomic E-state index is -0.632. The zero-order chi connectivity index (χ0) is 20.2. The number of ether oxygens (including phenoxy) is 2. The van der Waals surface area contributed by atoms with Crippen LogP contribution >= 0.6 is 0 Å². The lowest BCUT2D eigenvalue weighted by Crippen LogP contribution is -2.20. The summed E-state index contributed by atoms with van der Waals surface area (Å²) in [5.74, 6) is 0.916. The number of aryl methyl sites for hydroxylation is 1. The van der Waals surface area contributed by atoms with E-state index in [1.54, 1.807) is 24.4 Å². The molecule has 3 aromatic rings. The fraction of sp³-hybridized carbons (Fsp3) is 0.286. The molecule has 0 spiro atoms. The monoisotopic (exact) mass is 395 g/mol. The molecular weight excluding hydrogens is 373 g/mol. The summed E-state index contributed by atoms with van der Waals surface area (Å²) in [4.78, 5) is 16.9. The Morgan fingerprint density at radius 2 is 1.90 bits per heavy atom. The van der Waals surface area contributed by atoms with Crippen molar-refractivity contribution in [2.75, 3.05) is 19.8 Å². The maximum Gasteiger partial charge on any atom is 0.217 e. The van der Waals surface area contributed by atoms with Crippen molar-refractivity contribution in [2.24, 2.45) is 5.73 Å². The largest absolute Gasteiger partial charge is 0.341 e. The van der Waals surface area contributed by atoms with Crippen molar-refractivity contribution < 1.29 is 13.9 Å². The van der Waals surface area contributed by atoms with Gasteiger partial charge in [0, 0.05) is 18.2 Å². The number of aromatic amines is 1. The Hall–Kier alpha value is -2.94. The first kappa shape index (κ1) is 19.4. The van der Waals surface area contributed by atoms with E-state index in [4.69, 9.17) is 15.2 Å². The number of benzene rings is 1. The molecule has 1 saturated heterocycles. The summed E-state index contributed by atoms with van der Waals surface area (Å²) in [6, 6.07) is 7.97. The van der Waals surface area contributed by atoms with Crippen LogP contribution in [0.4, 0.5) is 4.39 Å². The molecule has 29 heavy (non-hydrogen) atoms. The number of imidazole rings is 1.